The molecule has 0 atom stereocenters. The highest BCUT2D eigenvalue weighted by Crippen LogP contribution is 2.27. The minimum absolute atomic E-state index is 0.848. The Labute approximate surface area is 112 Å². The van der Waals surface area contributed by atoms with Crippen LogP contribution in [-0.4, -0.2) is 19.1 Å². The van der Waals surface area contributed by atoms with E-state index in [1.807, 2.05) is 43.6 Å². The monoisotopic (exact) mass is 260 g/mol. The summed E-state index contributed by atoms with van der Waals surface area (Å²) < 4.78 is 5.13. The summed E-state index contributed by atoms with van der Waals surface area (Å²) in [5, 5.41) is 4.11. The molecule has 18 heavy (non-hydrogen) atoms. The van der Waals surface area contributed by atoms with E-state index < -0.39 is 0 Å². The average molecular weight is 260 g/mol. The zero-order valence-corrected chi connectivity index (χ0v) is 11.3. The van der Waals surface area contributed by atoms with Gasteiger partial charge >= 0.3 is 0 Å². The van der Waals surface area contributed by atoms with E-state index in [0.717, 1.165) is 22.2 Å². The van der Waals surface area contributed by atoms with Crippen molar-refractivity contribution < 1.29 is 4.74 Å². The second-order valence-electron chi connectivity index (χ2n) is 3.81. The van der Waals surface area contributed by atoms with Gasteiger partial charge in [-0.05, 0) is 42.9 Å². The molecule has 2 rings (SSSR count). The fourth-order valence-corrected chi connectivity index (χ4v) is 2.30. The normalized spacial score (nSPS) is 10.3. The van der Waals surface area contributed by atoms with Crippen molar-refractivity contribution in [3.05, 3.63) is 48.2 Å². The largest absolute Gasteiger partial charge is 0.497 e. The predicted molar refractivity (Wildman–Crippen MR) is 74.1 cm³/mol. The van der Waals surface area contributed by atoms with Crippen molar-refractivity contribution in [3.63, 3.8) is 0 Å². The number of aromatic nitrogens is 1. The van der Waals surface area contributed by atoms with Crippen LogP contribution in [0.25, 0.3) is 0 Å². The Morgan fingerprint density at radius 3 is 2.50 bits per heavy atom. The standard InChI is InChI=1S/C14H16N2OS/c1-15-9-11-3-8-14(16-10-11)18-13-6-4-12(17-2)5-7-13/h3-8,10,15H,9H2,1-2H3. The van der Waals surface area contributed by atoms with Crippen LogP contribution in [-0.2, 0) is 6.54 Å². The summed E-state index contributed by atoms with van der Waals surface area (Å²) in [5.41, 5.74) is 1.19. The molecule has 0 saturated heterocycles. The van der Waals surface area contributed by atoms with Crippen molar-refractivity contribution >= 4 is 11.8 Å². The first kappa shape index (κ1) is 12.9. The smallest absolute Gasteiger partial charge is 0.118 e. The van der Waals surface area contributed by atoms with E-state index in [0.29, 0.717) is 0 Å². The second-order valence-corrected chi connectivity index (χ2v) is 4.91. The third kappa shape index (κ3) is 3.48. The summed E-state index contributed by atoms with van der Waals surface area (Å²) in [7, 11) is 3.60. The molecular weight excluding hydrogens is 244 g/mol. The summed E-state index contributed by atoms with van der Waals surface area (Å²) in [6.07, 6.45) is 1.91. The minimum atomic E-state index is 0.848. The SMILES string of the molecule is CNCc1ccc(Sc2ccc(OC)cc2)nc1. The van der Waals surface area contributed by atoms with Gasteiger partial charge in [-0.25, -0.2) is 4.98 Å². The first-order chi connectivity index (χ1) is 8.81. The van der Waals surface area contributed by atoms with Crippen molar-refractivity contribution in [3.8, 4) is 5.75 Å². The number of nitrogens with one attached hydrogen (secondary N) is 1. The maximum absolute atomic E-state index is 5.13. The van der Waals surface area contributed by atoms with Crippen LogP contribution in [0.5, 0.6) is 5.75 Å². The lowest BCUT2D eigenvalue weighted by atomic mass is 10.3. The summed E-state index contributed by atoms with van der Waals surface area (Å²) in [6, 6.07) is 12.1. The number of ether oxygens (including phenoxy) is 1. The molecule has 94 valence electrons. The predicted octanol–water partition coefficient (Wildman–Crippen LogP) is 2.96. The van der Waals surface area contributed by atoms with Gasteiger partial charge in [0.1, 0.15) is 10.8 Å². The molecule has 0 fully saturated rings. The van der Waals surface area contributed by atoms with E-state index in [2.05, 4.69) is 16.4 Å². The number of hydrogen-bond donors (Lipinski definition) is 1. The zero-order chi connectivity index (χ0) is 12.8. The van der Waals surface area contributed by atoms with Crippen molar-refractivity contribution in [2.45, 2.75) is 16.5 Å². The lowest BCUT2D eigenvalue weighted by molar-refractivity contribution is 0.414. The summed E-state index contributed by atoms with van der Waals surface area (Å²) in [5.74, 6) is 0.872. The Morgan fingerprint density at radius 2 is 1.94 bits per heavy atom. The number of methoxy groups -OCH3 is 1. The Kier molecular flexibility index (Phi) is 4.61. The van der Waals surface area contributed by atoms with Gasteiger partial charge in [0, 0.05) is 17.6 Å². The molecule has 1 aromatic heterocycles. The molecule has 4 heteroatoms. The maximum Gasteiger partial charge on any atom is 0.118 e. The summed E-state index contributed by atoms with van der Waals surface area (Å²) in [6.45, 7) is 0.848. The van der Waals surface area contributed by atoms with Crippen LogP contribution in [0.1, 0.15) is 5.56 Å². The molecule has 1 N–H and O–H groups in total. The summed E-state index contributed by atoms with van der Waals surface area (Å²) in [4.78, 5) is 5.58. The molecule has 1 heterocycles. The number of pyridine rings is 1. The highest BCUT2D eigenvalue weighted by atomic mass is 32.2. The molecular formula is C14H16N2OS. The van der Waals surface area contributed by atoms with Crippen LogP contribution in [0.4, 0.5) is 0 Å². The van der Waals surface area contributed by atoms with E-state index in [9.17, 15) is 0 Å². The first-order valence-corrected chi connectivity index (χ1v) is 6.55. The molecule has 1 aromatic carbocycles. The number of hydrogen-bond acceptors (Lipinski definition) is 4. The van der Waals surface area contributed by atoms with Gasteiger partial charge in [-0.1, -0.05) is 17.8 Å². The lowest BCUT2D eigenvalue weighted by Gasteiger charge is -2.04. The molecule has 0 aliphatic rings. The van der Waals surface area contributed by atoms with Crippen molar-refractivity contribution in [2.24, 2.45) is 0 Å². The molecule has 0 amide bonds. The number of rotatable bonds is 5. The molecule has 0 unspecified atom stereocenters. The molecule has 2 aromatic rings. The average Bonchev–Trinajstić information content (AvgIpc) is 2.42. The lowest BCUT2D eigenvalue weighted by Crippen LogP contribution is -2.04. The molecule has 0 radical (unpaired) electrons. The van der Waals surface area contributed by atoms with Crippen molar-refractivity contribution in [1.82, 2.24) is 10.3 Å². The van der Waals surface area contributed by atoms with Crippen LogP contribution in [0.3, 0.4) is 0 Å². The van der Waals surface area contributed by atoms with Crippen LogP contribution in [0, 0.1) is 0 Å². The highest BCUT2D eigenvalue weighted by molar-refractivity contribution is 7.99. The third-order valence-electron chi connectivity index (χ3n) is 2.46. The number of nitrogens with zero attached hydrogens (tertiary/aromatic N) is 1. The molecule has 0 bridgehead atoms. The van der Waals surface area contributed by atoms with Gasteiger partial charge in [0.05, 0.1) is 7.11 Å². The maximum atomic E-state index is 5.13. The van der Waals surface area contributed by atoms with Crippen molar-refractivity contribution in [1.29, 1.82) is 0 Å². The van der Waals surface area contributed by atoms with Gasteiger partial charge in [-0.2, -0.15) is 0 Å². The topological polar surface area (TPSA) is 34.1 Å². The van der Waals surface area contributed by atoms with Gasteiger partial charge in [0.2, 0.25) is 0 Å². The van der Waals surface area contributed by atoms with E-state index in [-0.39, 0.29) is 0 Å². The van der Waals surface area contributed by atoms with Gasteiger partial charge < -0.3 is 10.1 Å². The van der Waals surface area contributed by atoms with Crippen LogP contribution in [0.15, 0.2) is 52.5 Å². The van der Waals surface area contributed by atoms with Gasteiger partial charge in [-0.15, -0.1) is 0 Å². The van der Waals surface area contributed by atoms with E-state index in [1.54, 1.807) is 18.9 Å². The number of benzene rings is 1. The summed E-state index contributed by atoms with van der Waals surface area (Å²) >= 11 is 1.65. The van der Waals surface area contributed by atoms with Crippen LogP contribution >= 0.6 is 11.8 Å². The third-order valence-corrected chi connectivity index (χ3v) is 3.42. The fourth-order valence-electron chi connectivity index (χ4n) is 1.54. The highest BCUT2D eigenvalue weighted by Gasteiger charge is 2.00. The molecule has 0 saturated carbocycles. The Bertz CT molecular complexity index is 482. The van der Waals surface area contributed by atoms with E-state index in [4.69, 9.17) is 4.74 Å². The molecule has 3 nitrogen and oxygen atoms in total. The first-order valence-electron chi connectivity index (χ1n) is 5.73. The minimum Gasteiger partial charge on any atom is -0.497 e. The zero-order valence-electron chi connectivity index (χ0n) is 10.5. The Morgan fingerprint density at radius 1 is 1.17 bits per heavy atom. The molecule has 0 aliphatic carbocycles. The fraction of sp³-hybridized carbons (Fsp3) is 0.214. The Balaban J connectivity index is 2.03. The van der Waals surface area contributed by atoms with E-state index in [1.165, 1.54) is 5.56 Å². The van der Waals surface area contributed by atoms with Gasteiger partial charge in [0.25, 0.3) is 0 Å². The quantitative estimate of drug-likeness (QED) is 0.896. The van der Waals surface area contributed by atoms with E-state index >= 15 is 0 Å². The van der Waals surface area contributed by atoms with Crippen molar-refractivity contribution in [2.75, 3.05) is 14.2 Å². The van der Waals surface area contributed by atoms with Crippen LogP contribution in [0.2, 0.25) is 0 Å². The van der Waals surface area contributed by atoms with Gasteiger partial charge in [0.15, 0.2) is 0 Å². The Hall–Kier alpha value is -1.52. The van der Waals surface area contributed by atoms with Crippen LogP contribution < -0.4 is 10.1 Å². The molecule has 0 aliphatic heterocycles. The molecule has 0 spiro atoms. The second kappa shape index (κ2) is 6.42. The van der Waals surface area contributed by atoms with Gasteiger partial charge in [-0.3, -0.25) is 0 Å².